The van der Waals surface area contributed by atoms with E-state index in [9.17, 15) is 5.11 Å². The summed E-state index contributed by atoms with van der Waals surface area (Å²) in [5.41, 5.74) is 1.68. The Hall–Kier alpha value is -1.09. The molecule has 0 aliphatic carbocycles. The molecule has 0 aromatic carbocycles. The number of aryl methyl sites for hydroxylation is 1. The second kappa shape index (κ2) is 6.60. The fourth-order valence-electron chi connectivity index (χ4n) is 1.69. The Balaban J connectivity index is 2.41. The molecular formula is C14H24N2O. The van der Waals surface area contributed by atoms with Gasteiger partial charge in [0.2, 0.25) is 0 Å². The zero-order valence-electron chi connectivity index (χ0n) is 11.3. The minimum atomic E-state index is 0.277. The highest BCUT2D eigenvalue weighted by molar-refractivity contribution is 5.27. The number of aromatic hydroxyl groups is 1. The smallest absolute Gasteiger partial charge is 0.138 e. The average Bonchev–Trinajstić information content (AvgIpc) is 2.27. The number of hydrogen-bond acceptors (Lipinski definition) is 3. The van der Waals surface area contributed by atoms with Crippen LogP contribution in [0.25, 0.3) is 0 Å². The molecule has 1 heterocycles. The number of rotatable bonds is 6. The topological polar surface area (TPSA) is 45.1 Å². The molecule has 17 heavy (non-hydrogen) atoms. The molecule has 0 saturated carbocycles. The minimum absolute atomic E-state index is 0.277. The van der Waals surface area contributed by atoms with Crippen molar-refractivity contribution < 1.29 is 5.11 Å². The van der Waals surface area contributed by atoms with Gasteiger partial charge < -0.3 is 10.4 Å². The lowest BCUT2D eigenvalue weighted by atomic mass is 10.0. The summed E-state index contributed by atoms with van der Waals surface area (Å²) in [7, 11) is 0. The van der Waals surface area contributed by atoms with Crippen molar-refractivity contribution in [2.24, 2.45) is 5.92 Å². The van der Waals surface area contributed by atoms with Crippen molar-refractivity contribution in [3.8, 4) is 5.75 Å². The van der Waals surface area contributed by atoms with Gasteiger partial charge in [0, 0.05) is 18.3 Å². The van der Waals surface area contributed by atoms with Gasteiger partial charge in [-0.05, 0) is 44.7 Å². The summed E-state index contributed by atoms with van der Waals surface area (Å²) in [4.78, 5) is 4.33. The second-order valence-electron chi connectivity index (χ2n) is 5.17. The normalized spacial score (nSPS) is 13.0. The van der Waals surface area contributed by atoms with Crippen LogP contribution < -0.4 is 5.32 Å². The molecule has 1 rings (SSSR count). The summed E-state index contributed by atoms with van der Waals surface area (Å²) < 4.78 is 0. The Morgan fingerprint density at radius 1 is 1.24 bits per heavy atom. The van der Waals surface area contributed by atoms with Gasteiger partial charge in [-0.25, -0.2) is 0 Å². The van der Waals surface area contributed by atoms with E-state index in [1.165, 1.54) is 6.42 Å². The third kappa shape index (κ3) is 5.18. The molecular weight excluding hydrogens is 212 g/mol. The van der Waals surface area contributed by atoms with Crippen LogP contribution in [-0.4, -0.2) is 16.1 Å². The van der Waals surface area contributed by atoms with Gasteiger partial charge in [0.15, 0.2) is 0 Å². The van der Waals surface area contributed by atoms with E-state index in [0.29, 0.717) is 12.6 Å². The molecule has 96 valence electrons. The summed E-state index contributed by atoms with van der Waals surface area (Å²) in [6.45, 7) is 9.22. The van der Waals surface area contributed by atoms with Gasteiger partial charge in [-0.15, -0.1) is 0 Å². The maximum absolute atomic E-state index is 9.66. The lowest BCUT2D eigenvalue weighted by molar-refractivity contribution is 0.431. The predicted octanol–water partition coefficient (Wildman–Crippen LogP) is 3.01. The Morgan fingerprint density at radius 3 is 2.59 bits per heavy atom. The third-order valence-corrected chi connectivity index (χ3v) is 2.88. The van der Waals surface area contributed by atoms with Crippen LogP contribution >= 0.6 is 0 Å². The van der Waals surface area contributed by atoms with Crippen molar-refractivity contribution in [1.29, 1.82) is 0 Å². The van der Waals surface area contributed by atoms with Crippen LogP contribution in [0.4, 0.5) is 0 Å². The first-order chi connectivity index (χ1) is 7.99. The second-order valence-corrected chi connectivity index (χ2v) is 5.17. The van der Waals surface area contributed by atoms with Gasteiger partial charge >= 0.3 is 0 Å². The molecule has 1 unspecified atom stereocenters. The van der Waals surface area contributed by atoms with Gasteiger partial charge in [-0.3, -0.25) is 4.98 Å². The molecule has 3 nitrogen and oxygen atoms in total. The van der Waals surface area contributed by atoms with E-state index in [1.807, 2.05) is 13.0 Å². The molecule has 2 N–H and O–H groups in total. The lowest BCUT2D eigenvalue weighted by Crippen LogP contribution is -2.26. The number of nitrogens with one attached hydrogen (secondary N) is 1. The first-order valence-electron chi connectivity index (χ1n) is 6.38. The van der Waals surface area contributed by atoms with Crippen LogP contribution in [0.2, 0.25) is 0 Å². The summed E-state index contributed by atoms with van der Waals surface area (Å²) in [6.07, 6.45) is 2.38. The van der Waals surface area contributed by atoms with Crippen LogP contribution in [0.15, 0.2) is 12.1 Å². The molecule has 3 heteroatoms. The van der Waals surface area contributed by atoms with Gasteiger partial charge in [-0.1, -0.05) is 13.8 Å². The maximum atomic E-state index is 9.66. The van der Waals surface area contributed by atoms with Crippen LogP contribution in [0.5, 0.6) is 5.75 Å². The highest BCUT2D eigenvalue weighted by atomic mass is 16.3. The van der Waals surface area contributed by atoms with Crippen molar-refractivity contribution >= 4 is 0 Å². The van der Waals surface area contributed by atoms with E-state index in [1.54, 1.807) is 6.07 Å². The van der Waals surface area contributed by atoms with E-state index in [2.05, 4.69) is 31.1 Å². The van der Waals surface area contributed by atoms with Crippen LogP contribution in [0.3, 0.4) is 0 Å². The molecule has 0 bridgehead atoms. The molecule has 1 aromatic heterocycles. The van der Waals surface area contributed by atoms with Crippen molar-refractivity contribution in [3.63, 3.8) is 0 Å². The van der Waals surface area contributed by atoms with Crippen LogP contribution in [-0.2, 0) is 6.54 Å². The summed E-state index contributed by atoms with van der Waals surface area (Å²) in [6, 6.07) is 3.98. The molecule has 1 atom stereocenters. The number of hydrogen-bond donors (Lipinski definition) is 2. The summed E-state index contributed by atoms with van der Waals surface area (Å²) in [5.74, 6) is 1.02. The molecule has 0 saturated heterocycles. The zero-order chi connectivity index (χ0) is 12.8. The predicted molar refractivity (Wildman–Crippen MR) is 71.0 cm³/mol. The largest absolute Gasteiger partial charge is 0.506 e. The molecule has 0 aliphatic rings. The van der Waals surface area contributed by atoms with E-state index in [-0.39, 0.29) is 5.75 Å². The monoisotopic (exact) mass is 236 g/mol. The van der Waals surface area contributed by atoms with E-state index >= 15 is 0 Å². The van der Waals surface area contributed by atoms with Crippen LogP contribution in [0, 0.1) is 12.8 Å². The van der Waals surface area contributed by atoms with Gasteiger partial charge in [0.05, 0.1) is 5.69 Å². The molecule has 0 spiro atoms. The SMILES string of the molecule is Cc1ccc(O)c(CNC(C)CCC(C)C)n1. The van der Waals surface area contributed by atoms with Gasteiger partial charge in [-0.2, -0.15) is 0 Å². The first kappa shape index (κ1) is 14.0. The molecule has 0 radical (unpaired) electrons. The molecule has 0 fully saturated rings. The third-order valence-electron chi connectivity index (χ3n) is 2.88. The highest BCUT2D eigenvalue weighted by Gasteiger charge is 2.06. The van der Waals surface area contributed by atoms with Crippen molar-refractivity contribution in [1.82, 2.24) is 10.3 Å². The van der Waals surface area contributed by atoms with Gasteiger partial charge in [0.1, 0.15) is 5.75 Å². The fourth-order valence-corrected chi connectivity index (χ4v) is 1.69. The highest BCUT2D eigenvalue weighted by Crippen LogP contribution is 2.15. The van der Waals surface area contributed by atoms with Crippen molar-refractivity contribution in [2.45, 2.75) is 53.1 Å². The van der Waals surface area contributed by atoms with Crippen LogP contribution in [0.1, 0.15) is 45.0 Å². The maximum Gasteiger partial charge on any atom is 0.138 e. The minimum Gasteiger partial charge on any atom is -0.506 e. The standard InChI is InChI=1S/C14H24N2O/c1-10(2)5-6-11(3)15-9-13-14(17)8-7-12(4)16-13/h7-8,10-11,15,17H,5-6,9H2,1-4H3. The quantitative estimate of drug-likeness (QED) is 0.798. The Morgan fingerprint density at radius 2 is 1.94 bits per heavy atom. The zero-order valence-corrected chi connectivity index (χ0v) is 11.3. The number of nitrogens with zero attached hydrogens (tertiary/aromatic N) is 1. The van der Waals surface area contributed by atoms with E-state index < -0.39 is 0 Å². The summed E-state index contributed by atoms with van der Waals surface area (Å²) >= 11 is 0. The van der Waals surface area contributed by atoms with Gasteiger partial charge in [0.25, 0.3) is 0 Å². The number of aromatic nitrogens is 1. The first-order valence-corrected chi connectivity index (χ1v) is 6.38. The molecule has 1 aromatic rings. The lowest BCUT2D eigenvalue weighted by Gasteiger charge is -2.15. The Kier molecular flexibility index (Phi) is 5.42. The fraction of sp³-hybridized carbons (Fsp3) is 0.643. The Bertz CT molecular complexity index is 350. The van der Waals surface area contributed by atoms with E-state index in [4.69, 9.17) is 0 Å². The van der Waals surface area contributed by atoms with Crippen molar-refractivity contribution in [2.75, 3.05) is 0 Å². The molecule has 0 aliphatic heterocycles. The summed E-state index contributed by atoms with van der Waals surface area (Å²) in [5, 5.41) is 13.1. The van der Waals surface area contributed by atoms with E-state index in [0.717, 1.165) is 23.7 Å². The Labute approximate surface area is 104 Å². The number of pyridine rings is 1. The molecule has 0 amide bonds. The van der Waals surface area contributed by atoms with Crippen molar-refractivity contribution in [3.05, 3.63) is 23.5 Å². The average molecular weight is 236 g/mol.